The summed E-state index contributed by atoms with van der Waals surface area (Å²) in [7, 11) is 0. The first-order chi connectivity index (χ1) is 8.83. The maximum Gasteiger partial charge on any atom is 0.121 e. The van der Waals surface area contributed by atoms with Crippen LogP contribution in [0.2, 0.25) is 0 Å². The summed E-state index contributed by atoms with van der Waals surface area (Å²) in [5.74, 6) is 0.960. The molecule has 18 heavy (non-hydrogen) atoms. The molecule has 0 aliphatic carbocycles. The van der Waals surface area contributed by atoms with Crippen molar-refractivity contribution in [2.75, 3.05) is 32.8 Å². The molecule has 0 atom stereocenters. The molecular weight excluding hydrogens is 224 g/mol. The lowest BCUT2D eigenvalue weighted by Crippen LogP contribution is -2.53. The molecule has 0 spiro atoms. The molecule has 2 aliphatic rings. The van der Waals surface area contributed by atoms with Gasteiger partial charge in [0.1, 0.15) is 11.9 Å². The van der Waals surface area contributed by atoms with Crippen LogP contribution in [0.5, 0.6) is 0 Å². The zero-order valence-corrected chi connectivity index (χ0v) is 11.9. The van der Waals surface area contributed by atoms with Gasteiger partial charge in [-0.05, 0) is 32.6 Å². The van der Waals surface area contributed by atoms with E-state index in [0.29, 0.717) is 6.17 Å². The van der Waals surface area contributed by atoms with Gasteiger partial charge in [0.25, 0.3) is 0 Å². The third kappa shape index (κ3) is 3.48. The number of likely N-dealkylation sites (tertiary alicyclic amines) is 2. The predicted octanol–water partition coefficient (Wildman–Crippen LogP) is 2.83. The summed E-state index contributed by atoms with van der Waals surface area (Å²) < 4.78 is 5.73. The van der Waals surface area contributed by atoms with Crippen LogP contribution in [0.1, 0.15) is 45.4 Å². The largest absolute Gasteiger partial charge is 0.496 e. The van der Waals surface area contributed by atoms with Crippen molar-refractivity contribution in [1.29, 1.82) is 0 Å². The van der Waals surface area contributed by atoms with Crippen molar-refractivity contribution in [3.63, 3.8) is 0 Å². The van der Waals surface area contributed by atoms with E-state index in [2.05, 4.69) is 23.3 Å². The highest BCUT2D eigenvalue weighted by Crippen LogP contribution is 2.23. The lowest BCUT2D eigenvalue weighted by atomic mass is 10.1. The Kier molecular flexibility index (Phi) is 5.51. The first kappa shape index (κ1) is 13.9. The number of piperidine rings is 2. The fourth-order valence-electron chi connectivity index (χ4n) is 3.22. The van der Waals surface area contributed by atoms with Gasteiger partial charge >= 0.3 is 0 Å². The number of hydrogen-bond donors (Lipinski definition) is 0. The van der Waals surface area contributed by atoms with E-state index in [1.54, 1.807) is 0 Å². The molecular formula is C15H28N2O. The van der Waals surface area contributed by atoms with Crippen LogP contribution in [0.4, 0.5) is 0 Å². The molecule has 2 saturated heterocycles. The van der Waals surface area contributed by atoms with Crippen molar-refractivity contribution in [2.24, 2.45) is 0 Å². The summed E-state index contributed by atoms with van der Waals surface area (Å²) >= 11 is 0. The minimum absolute atomic E-state index is 0.325. The fraction of sp³-hybridized carbons (Fsp3) is 0.867. The van der Waals surface area contributed by atoms with Crippen LogP contribution < -0.4 is 0 Å². The highest BCUT2D eigenvalue weighted by Gasteiger charge is 2.30. The molecule has 0 unspecified atom stereocenters. The minimum Gasteiger partial charge on any atom is -0.496 e. The summed E-state index contributed by atoms with van der Waals surface area (Å²) in [6, 6.07) is 0. The van der Waals surface area contributed by atoms with Crippen molar-refractivity contribution in [1.82, 2.24) is 9.80 Å². The van der Waals surface area contributed by atoms with Crippen molar-refractivity contribution < 1.29 is 4.74 Å². The standard InChI is InChI=1S/C15H28N2O/c1-3-18-14(2)15(16-10-6-4-7-11-16)17-12-8-5-9-13-17/h15H,2-13H2,1H3. The van der Waals surface area contributed by atoms with E-state index >= 15 is 0 Å². The van der Waals surface area contributed by atoms with E-state index in [-0.39, 0.29) is 0 Å². The van der Waals surface area contributed by atoms with Gasteiger partial charge in [0.15, 0.2) is 0 Å². The van der Waals surface area contributed by atoms with E-state index in [1.807, 2.05) is 0 Å². The van der Waals surface area contributed by atoms with Crippen LogP contribution in [-0.4, -0.2) is 48.8 Å². The predicted molar refractivity (Wildman–Crippen MR) is 75.4 cm³/mol. The van der Waals surface area contributed by atoms with Crippen molar-refractivity contribution >= 4 is 0 Å². The van der Waals surface area contributed by atoms with Crippen LogP contribution in [0.25, 0.3) is 0 Å². The van der Waals surface area contributed by atoms with Gasteiger partial charge in [-0.3, -0.25) is 9.80 Å². The molecule has 0 aromatic heterocycles. The maximum atomic E-state index is 5.73. The number of ether oxygens (including phenoxy) is 1. The molecule has 0 aromatic carbocycles. The number of hydrogen-bond acceptors (Lipinski definition) is 3. The van der Waals surface area contributed by atoms with Gasteiger partial charge in [-0.15, -0.1) is 0 Å². The highest BCUT2D eigenvalue weighted by molar-refractivity contribution is 4.99. The summed E-state index contributed by atoms with van der Waals surface area (Å²) in [4.78, 5) is 5.15. The first-order valence-corrected chi connectivity index (χ1v) is 7.62. The first-order valence-electron chi connectivity index (χ1n) is 7.62. The Bertz CT molecular complexity index is 237. The third-order valence-corrected chi connectivity index (χ3v) is 4.09. The number of nitrogens with zero attached hydrogens (tertiary/aromatic N) is 2. The molecule has 0 N–H and O–H groups in total. The van der Waals surface area contributed by atoms with E-state index in [4.69, 9.17) is 4.74 Å². The molecule has 2 aliphatic heterocycles. The Morgan fingerprint density at radius 1 is 0.944 bits per heavy atom. The summed E-state index contributed by atoms with van der Waals surface area (Å²) in [5.41, 5.74) is 0. The van der Waals surface area contributed by atoms with Gasteiger partial charge in [0.05, 0.1) is 6.61 Å². The van der Waals surface area contributed by atoms with E-state index in [0.717, 1.165) is 12.4 Å². The summed E-state index contributed by atoms with van der Waals surface area (Å²) in [5, 5.41) is 0. The normalized spacial score (nSPS) is 23.2. The fourth-order valence-corrected chi connectivity index (χ4v) is 3.22. The Morgan fingerprint density at radius 3 is 1.78 bits per heavy atom. The average Bonchev–Trinajstić information content (AvgIpc) is 2.42. The van der Waals surface area contributed by atoms with E-state index < -0.39 is 0 Å². The van der Waals surface area contributed by atoms with E-state index in [9.17, 15) is 0 Å². The van der Waals surface area contributed by atoms with Gasteiger partial charge in [0.2, 0.25) is 0 Å². The van der Waals surface area contributed by atoms with Crippen molar-refractivity contribution in [2.45, 2.75) is 51.6 Å². The molecule has 3 heteroatoms. The molecule has 0 amide bonds. The molecule has 3 nitrogen and oxygen atoms in total. The molecule has 2 rings (SSSR count). The smallest absolute Gasteiger partial charge is 0.121 e. The van der Waals surface area contributed by atoms with Gasteiger partial charge in [-0.25, -0.2) is 0 Å². The average molecular weight is 252 g/mol. The van der Waals surface area contributed by atoms with Crippen molar-refractivity contribution in [3.05, 3.63) is 12.3 Å². The third-order valence-electron chi connectivity index (χ3n) is 4.09. The van der Waals surface area contributed by atoms with Gasteiger partial charge < -0.3 is 4.74 Å². The van der Waals surface area contributed by atoms with Crippen LogP contribution in [-0.2, 0) is 4.74 Å². The number of rotatable bonds is 5. The molecule has 0 radical (unpaired) electrons. The van der Waals surface area contributed by atoms with E-state index in [1.165, 1.54) is 64.7 Å². The second-order valence-corrected chi connectivity index (χ2v) is 5.47. The molecule has 104 valence electrons. The summed E-state index contributed by atoms with van der Waals surface area (Å²) in [6.07, 6.45) is 8.38. The lowest BCUT2D eigenvalue weighted by Gasteiger charge is -2.43. The topological polar surface area (TPSA) is 15.7 Å². The van der Waals surface area contributed by atoms with Crippen LogP contribution in [0, 0.1) is 0 Å². The molecule has 0 saturated carbocycles. The van der Waals surface area contributed by atoms with Crippen molar-refractivity contribution in [3.8, 4) is 0 Å². The Balaban J connectivity index is 2.02. The minimum atomic E-state index is 0.325. The SMILES string of the molecule is C=C(OCC)C(N1CCCCC1)N1CCCCC1. The lowest BCUT2D eigenvalue weighted by molar-refractivity contribution is 0.00257. The van der Waals surface area contributed by atoms with Crippen LogP contribution in [0.3, 0.4) is 0 Å². The monoisotopic (exact) mass is 252 g/mol. The van der Waals surface area contributed by atoms with Gasteiger partial charge in [-0.2, -0.15) is 0 Å². The second-order valence-electron chi connectivity index (χ2n) is 5.47. The quantitative estimate of drug-likeness (QED) is 0.700. The highest BCUT2D eigenvalue weighted by atomic mass is 16.5. The zero-order chi connectivity index (χ0) is 12.8. The second kappa shape index (κ2) is 7.15. The Morgan fingerprint density at radius 2 is 1.39 bits per heavy atom. The zero-order valence-electron chi connectivity index (χ0n) is 11.9. The molecule has 2 fully saturated rings. The molecule has 0 aromatic rings. The Hall–Kier alpha value is -0.540. The summed E-state index contributed by atoms with van der Waals surface area (Å²) in [6.45, 7) is 11.8. The van der Waals surface area contributed by atoms with Crippen LogP contribution in [0.15, 0.2) is 12.3 Å². The van der Waals surface area contributed by atoms with Crippen LogP contribution >= 0.6 is 0 Å². The van der Waals surface area contributed by atoms with Gasteiger partial charge in [-0.1, -0.05) is 19.4 Å². The van der Waals surface area contributed by atoms with Gasteiger partial charge in [0, 0.05) is 26.2 Å². The Labute approximate surface area is 112 Å². The molecule has 0 bridgehead atoms. The molecule has 2 heterocycles. The maximum absolute atomic E-state index is 5.73.